The molecule has 4 rings (SSSR count). The molecular weight excluding hydrogens is 340 g/mol. The summed E-state index contributed by atoms with van der Waals surface area (Å²) >= 11 is 0. The van der Waals surface area contributed by atoms with E-state index in [1.165, 1.54) is 5.56 Å². The number of ether oxygens (including phenoxy) is 1. The lowest BCUT2D eigenvalue weighted by Crippen LogP contribution is -2.09. The summed E-state index contributed by atoms with van der Waals surface area (Å²) in [6, 6.07) is 3.89. The van der Waals surface area contributed by atoms with Crippen molar-refractivity contribution in [2.45, 2.75) is 39.2 Å². The minimum Gasteiger partial charge on any atom is -0.481 e. The third-order valence-corrected chi connectivity index (χ3v) is 5.00. The second-order valence-electron chi connectivity index (χ2n) is 6.68. The molecule has 3 heterocycles. The van der Waals surface area contributed by atoms with Crippen LogP contribution in [0.3, 0.4) is 0 Å². The van der Waals surface area contributed by atoms with Crippen molar-refractivity contribution in [2.24, 2.45) is 7.05 Å². The van der Waals surface area contributed by atoms with Crippen molar-refractivity contribution in [2.75, 3.05) is 12.4 Å². The Hall–Kier alpha value is -2.96. The number of anilines is 1. The van der Waals surface area contributed by atoms with Crippen LogP contribution in [-0.2, 0) is 32.9 Å². The van der Waals surface area contributed by atoms with Crippen LogP contribution in [0.15, 0.2) is 24.5 Å². The van der Waals surface area contributed by atoms with Gasteiger partial charge in [-0.3, -0.25) is 4.98 Å². The molecule has 3 aromatic rings. The summed E-state index contributed by atoms with van der Waals surface area (Å²) in [4.78, 5) is 13.7. The molecule has 0 radical (unpaired) electrons. The highest BCUT2D eigenvalue weighted by molar-refractivity contribution is 5.60. The number of methoxy groups -OCH3 is 1. The number of hydrogen-bond donors (Lipinski definition) is 1. The molecule has 0 aromatic carbocycles. The number of rotatable bonds is 6. The lowest BCUT2D eigenvalue weighted by Gasteiger charge is -2.13. The smallest absolute Gasteiger partial charge is 0.216 e. The summed E-state index contributed by atoms with van der Waals surface area (Å²) in [5.74, 6) is 2.45. The van der Waals surface area contributed by atoms with Gasteiger partial charge in [0.2, 0.25) is 5.88 Å². The third-order valence-electron chi connectivity index (χ3n) is 5.00. The van der Waals surface area contributed by atoms with Gasteiger partial charge in [0.25, 0.3) is 0 Å². The van der Waals surface area contributed by atoms with E-state index in [1.54, 1.807) is 24.2 Å². The van der Waals surface area contributed by atoms with Crippen LogP contribution in [-0.4, -0.2) is 31.8 Å². The maximum absolute atomic E-state index is 5.55. The predicted octanol–water partition coefficient (Wildman–Crippen LogP) is 2.94. The zero-order valence-corrected chi connectivity index (χ0v) is 16.0. The monoisotopic (exact) mass is 364 g/mol. The lowest BCUT2D eigenvalue weighted by atomic mass is 10.1. The second kappa shape index (κ2) is 7.34. The van der Waals surface area contributed by atoms with E-state index >= 15 is 0 Å². The van der Waals surface area contributed by atoms with Gasteiger partial charge in [-0.1, -0.05) is 6.92 Å². The van der Waals surface area contributed by atoms with Crippen molar-refractivity contribution >= 4 is 5.82 Å². The van der Waals surface area contributed by atoms with Crippen molar-refractivity contribution in [3.05, 3.63) is 47.0 Å². The fourth-order valence-electron chi connectivity index (χ4n) is 3.70. The maximum atomic E-state index is 5.55. The molecule has 0 spiro atoms. The molecule has 0 saturated heterocycles. The maximum Gasteiger partial charge on any atom is 0.216 e. The van der Waals surface area contributed by atoms with Crippen molar-refractivity contribution in [1.82, 2.24) is 24.7 Å². The highest BCUT2D eigenvalue weighted by Crippen LogP contribution is 2.30. The van der Waals surface area contributed by atoms with Gasteiger partial charge in [0, 0.05) is 42.8 Å². The lowest BCUT2D eigenvalue weighted by molar-refractivity contribution is 0.369. The molecule has 27 heavy (non-hydrogen) atoms. The van der Waals surface area contributed by atoms with Crippen LogP contribution in [0.5, 0.6) is 5.88 Å². The summed E-state index contributed by atoms with van der Waals surface area (Å²) in [7, 11) is 3.59. The SMILES string of the molecule is CCc1nn(C)c(OC)c1CNc1nc(-c2ccncc2)nc2c1CCC2. The van der Waals surface area contributed by atoms with Crippen LogP contribution in [0, 0.1) is 0 Å². The standard InChI is InChI=1S/C20H24N6O/c1-4-16-15(20(27-3)26(2)25-16)12-22-19-14-6-5-7-17(14)23-18(24-19)13-8-10-21-11-9-13/h8-11H,4-7,12H2,1-3H3,(H,22,23,24). The van der Waals surface area contributed by atoms with Gasteiger partial charge in [-0.2, -0.15) is 5.10 Å². The Morgan fingerprint density at radius 3 is 2.74 bits per heavy atom. The minimum atomic E-state index is 0.624. The Balaban J connectivity index is 1.68. The summed E-state index contributed by atoms with van der Waals surface area (Å²) in [6.45, 7) is 2.73. The predicted molar refractivity (Wildman–Crippen MR) is 104 cm³/mol. The van der Waals surface area contributed by atoms with E-state index in [0.717, 1.165) is 65.7 Å². The van der Waals surface area contributed by atoms with Crippen molar-refractivity contribution < 1.29 is 4.74 Å². The van der Waals surface area contributed by atoms with E-state index in [9.17, 15) is 0 Å². The first-order valence-corrected chi connectivity index (χ1v) is 9.34. The normalized spacial score (nSPS) is 12.9. The van der Waals surface area contributed by atoms with Crippen molar-refractivity contribution in [3.63, 3.8) is 0 Å². The number of nitrogens with one attached hydrogen (secondary N) is 1. The van der Waals surface area contributed by atoms with Gasteiger partial charge in [0.15, 0.2) is 5.82 Å². The molecule has 0 unspecified atom stereocenters. The zero-order chi connectivity index (χ0) is 18.8. The minimum absolute atomic E-state index is 0.624. The van der Waals surface area contributed by atoms with Crippen LogP contribution in [0.1, 0.15) is 35.9 Å². The zero-order valence-electron chi connectivity index (χ0n) is 16.0. The van der Waals surface area contributed by atoms with Gasteiger partial charge in [-0.15, -0.1) is 0 Å². The molecule has 7 heteroatoms. The Morgan fingerprint density at radius 1 is 1.19 bits per heavy atom. The molecule has 3 aromatic heterocycles. The van der Waals surface area contributed by atoms with Crippen LogP contribution >= 0.6 is 0 Å². The van der Waals surface area contributed by atoms with Gasteiger partial charge in [-0.05, 0) is 37.8 Å². The fourth-order valence-corrected chi connectivity index (χ4v) is 3.70. The van der Waals surface area contributed by atoms with E-state index < -0.39 is 0 Å². The topological polar surface area (TPSA) is 77.8 Å². The molecule has 7 nitrogen and oxygen atoms in total. The van der Waals surface area contributed by atoms with Crippen LogP contribution < -0.4 is 10.1 Å². The van der Waals surface area contributed by atoms with Crippen molar-refractivity contribution in [1.29, 1.82) is 0 Å². The van der Waals surface area contributed by atoms with Crippen molar-refractivity contribution in [3.8, 4) is 17.3 Å². The van der Waals surface area contributed by atoms with Crippen LogP contribution in [0.2, 0.25) is 0 Å². The average molecular weight is 364 g/mol. The quantitative estimate of drug-likeness (QED) is 0.725. The molecule has 0 aliphatic heterocycles. The molecule has 0 atom stereocenters. The molecule has 1 aliphatic rings. The van der Waals surface area contributed by atoms with Crippen LogP contribution in [0.25, 0.3) is 11.4 Å². The summed E-state index contributed by atoms with van der Waals surface area (Å²) in [5.41, 5.74) is 5.48. The van der Waals surface area contributed by atoms with E-state index in [1.807, 2.05) is 19.2 Å². The fraction of sp³-hybridized carbons (Fsp3) is 0.400. The Kier molecular flexibility index (Phi) is 4.75. The molecular formula is C20H24N6O. The summed E-state index contributed by atoms with van der Waals surface area (Å²) < 4.78 is 7.35. The van der Waals surface area contributed by atoms with E-state index in [2.05, 4.69) is 22.3 Å². The molecule has 1 aliphatic carbocycles. The molecule has 140 valence electrons. The number of pyridine rings is 1. The van der Waals surface area contributed by atoms with Gasteiger partial charge in [0.05, 0.1) is 18.4 Å². The first-order chi connectivity index (χ1) is 13.2. The number of fused-ring (bicyclic) bond motifs is 1. The Bertz CT molecular complexity index is 951. The van der Waals surface area contributed by atoms with E-state index in [-0.39, 0.29) is 0 Å². The van der Waals surface area contributed by atoms with Crippen LogP contribution in [0.4, 0.5) is 5.82 Å². The van der Waals surface area contributed by atoms with E-state index in [4.69, 9.17) is 14.7 Å². The molecule has 0 bridgehead atoms. The first-order valence-electron chi connectivity index (χ1n) is 9.34. The molecule has 0 amide bonds. The molecule has 0 fully saturated rings. The number of aryl methyl sites for hydroxylation is 3. The first kappa shape index (κ1) is 17.5. The number of nitrogens with zero attached hydrogens (tertiary/aromatic N) is 5. The van der Waals surface area contributed by atoms with Gasteiger partial charge < -0.3 is 10.1 Å². The highest BCUT2D eigenvalue weighted by atomic mass is 16.5. The highest BCUT2D eigenvalue weighted by Gasteiger charge is 2.21. The average Bonchev–Trinajstić information content (AvgIpc) is 3.30. The summed E-state index contributed by atoms with van der Waals surface area (Å²) in [6.07, 6.45) is 7.54. The van der Waals surface area contributed by atoms with E-state index in [0.29, 0.717) is 6.54 Å². The van der Waals surface area contributed by atoms with Gasteiger partial charge in [-0.25, -0.2) is 14.6 Å². The number of hydrogen-bond acceptors (Lipinski definition) is 6. The Labute approximate surface area is 158 Å². The van der Waals surface area contributed by atoms with Gasteiger partial charge in [0.1, 0.15) is 5.82 Å². The third kappa shape index (κ3) is 3.25. The largest absolute Gasteiger partial charge is 0.481 e. The van der Waals surface area contributed by atoms with Gasteiger partial charge >= 0.3 is 0 Å². The Morgan fingerprint density at radius 2 is 2.00 bits per heavy atom. The second-order valence-corrected chi connectivity index (χ2v) is 6.68. The molecule has 1 N–H and O–H groups in total. The summed E-state index contributed by atoms with van der Waals surface area (Å²) in [5, 5.41) is 8.10. The molecule has 0 saturated carbocycles. The number of aromatic nitrogens is 5.